The maximum Gasteiger partial charge on any atom is 0.0953 e. The third-order valence-corrected chi connectivity index (χ3v) is 5.75. The number of hydrogen-bond acceptors (Lipinski definition) is 1. The van der Waals surface area contributed by atoms with E-state index in [2.05, 4.69) is 27.4 Å². The van der Waals surface area contributed by atoms with E-state index in [9.17, 15) is 0 Å². The summed E-state index contributed by atoms with van der Waals surface area (Å²) in [7, 11) is 0. The van der Waals surface area contributed by atoms with Gasteiger partial charge in [0.15, 0.2) is 0 Å². The molecule has 0 radical (unpaired) electrons. The molecule has 1 heteroatoms. The van der Waals surface area contributed by atoms with Crippen LogP contribution in [-0.2, 0) is 4.74 Å². The number of hydrogen-bond donors (Lipinski definition) is 0. The van der Waals surface area contributed by atoms with Crippen molar-refractivity contribution in [2.75, 3.05) is 0 Å². The first kappa shape index (κ1) is 10.8. The topological polar surface area (TPSA) is 9.23 Å². The van der Waals surface area contributed by atoms with Crippen LogP contribution in [0.25, 0.3) is 0 Å². The van der Waals surface area contributed by atoms with E-state index in [1.807, 2.05) is 0 Å². The molecule has 3 rings (SSSR count). The van der Waals surface area contributed by atoms with Gasteiger partial charge in [-0.05, 0) is 63.9 Å². The fraction of sp³-hybridized carbons (Fsp3) is 0.867. The lowest BCUT2D eigenvalue weighted by molar-refractivity contribution is -0.136. The van der Waals surface area contributed by atoms with Crippen molar-refractivity contribution < 1.29 is 4.74 Å². The summed E-state index contributed by atoms with van der Waals surface area (Å²) >= 11 is 0. The van der Waals surface area contributed by atoms with Crippen LogP contribution in [-0.4, -0.2) is 11.2 Å². The molecule has 3 atom stereocenters. The molecule has 3 aliphatic rings. The van der Waals surface area contributed by atoms with Crippen molar-refractivity contribution in [2.24, 2.45) is 11.3 Å². The second-order valence-electron chi connectivity index (χ2n) is 6.99. The molecule has 0 amide bonds. The van der Waals surface area contributed by atoms with Crippen LogP contribution >= 0.6 is 0 Å². The van der Waals surface area contributed by atoms with Crippen LogP contribution in [0.1, 0.15) is 59.3 Å². The highest BCUT2D eigenvalue weighted by Gasteiger charge is 2.64. The molecule has 1 aliphatic heterocycles. The Morgan fingerprint density at radius 1 is 1.25 bits per heavy atom. The molecule has 0 aromatic heterocycles. The van der Waals surface area contributed by atoms with Crippen LogP contribution < -0.4 is 0 Å². The maximum atomic E-state index is 6.58. The molecule has 2 bridgehead atoms. The summed E-state index contributed by atoms with van der Waals surface area (Å²) in [6.45, 7) is 11.3. The molecule has 3 fully saturated rings. The first-order valence-corrected chi connectivity index (χ1v) is 6.78. The van der Waals surface area contributed by atoms with E-state index in [1.165, 1.54) is 44.1 Å². The molecule has 90 valence electrons. The van der Waals surface area contributed by atoms with Crippen LogP contribution in [0.2, 0.25) is 0 Å². The van der Waals surface area contributed by atoms with E-state index in [-0.39, 0.29) is 11.2 Å². The van der Waals surface area contributed by atoms with Crippen LogP contribution in [0.3, 0.4) is 0 Å². The van der Waals surface area contributed by atoms with E-state index >= 15 is 0 Å². The number of fused-ring (bicyclic) bond motifs is 1. The molecule has 1 saturated heterocycles. The smallest absolute Gasteiger partial charge is 0.0953 e. The standard InChI is InChI=1S/C15H24O/c1-11-6-5-8-14(4)9-7-12-10-15(11,14)16-13(12,2)3/h12H,1,5-10H2,2-4H3/t12-,14+,15+/m0/s1. The summed E-state index contributed by atoms with van der Waals surface area (Å²) in [4.78, 5) is 0. The summed E-state index contributed by atoms with van der Waals surface area (Å²) in [5, 5.41) is 0. The zero-order valence-electron chi connectivity index (χ0n) is 10.9. The lowest BCUT2D eigenvalue weighted by Crippen LogP contribution is -2.51. The summed E-state index contributed by atoms with van der Waals surface area (Å²) in [5.41, 5.74) is 1.85. The summed E-state index contributed by atoms with van der Waals surface area (Å²) in [5.74, 6) is 0.746. The average molecular weight is 220 g/mol. The Morgan fingerprint density at radius 2 is 2.00 bits per heavy atom. The van der Waals surface area contributed by atoms with Gasteiger partial charge in [0, 0.05) is 5.41 Å². The molecule has 0 unspecified atom stereocenters. The fourth-order valence-electron chi connectivity index (χ4n) is 4.54. The lowest BCUT2D eigenvalue weighted by atomic mass is 9.54. The lowest BCUT2D eigenvalue weighted by Gasteiger charge is -2.53. The Balaban J connectivity index is 2.07. The monoisotopic (exact) mass is 220 g/mol. The van der Waals surface area contributed by atoms with Gasteiger partial charge in [-0.2, -0.15) is 0 Å². The zero-order chi connectivity index (χ0) is 11.6. The molecule has 2 saturated carbocycles. The summed E-state index contributed by atoms with van der Waals surface area (Å²) in [6.07, 6.45) is 7.73. The molecular formula is C15H24O. The van der Waals surface area contributed by atoms with E-state index in [0.717, 1.165) is 5.92 Å². The molecule has 1 spiro atoms. The van der Waals surface area contributed by atoms with Gasteiger partial charge < -0.3 is 4.74 Å². The molecule has 0 aromatic carbocycles. The second-order valence-corrected chi connectivity index (χ2v) is 6.99. The summed E-state index contributed by atoms with van der Waals surface area (Å²) in [6, 6.07) is 0. The first-order valence-electron chi connectivity index (χ1n) is 6.78. The van der Waals surface area contributed by atoms with Crippen molar-refractivity contribution in [3.8, 4) is 0 Å². The Morgan fingerprint density at radius 3 is 2.75 bits per heavy atom. The molecular weight excluding hydrogens is 196 g/mol. The van der Waals surface area contributed by atoms with Crippen molar-refractivity contribution >= 4 is 0 Å². The number of rotatable bonds is 0. The molecule has 1 heterocycles. The van der Waals surface area contributed by atoms with Crippen LogP contribution in [0.5, 0.6) is 0 Å². The molecule has 16 heavy (non-hydrogen) atoms. The Kier molecular flexibility index (Phi) is 1.98. The van der Waals surface area contributed by atoms with Crippen LogP contribution in [0.15, 0.2) is 12.2 Å². The minimum absolute atomic E-state index is 0.0255. The number of ether oxygens (including phenoxy) is 1. The van der Waals surface area contributed by atoms with Crippen molar-refractivity contribution in [2.45, 2.75) is 70.5 Å². The minimum atomic E-state index is 0.0255. The van der Waals surface area contributed by atoms with Crippen molar-refractivity contribution in [1.82, 2.24) is 0 Å². The maximum absolute atomic E-state index is 6.58. The van der Waals surface area contributed by atoms with Gasteiger partial charge in [0.25, 0.3) is 0 Å². The van der Waals surface area contributed by atoms with Crippen molar-refractivity contribution in [3.05, 3.63) is 12.2 Å². The van der Waals surface area contributed by atoms with Gasteiger partial charge in [-0.1, -0.05) is 13.5 Å². The molecule has 0 N–H and O–H groups in total. The van der Waals surface area contributed by atoms with Gasteiger partial charge in [0.05, 0.1) is 11.2 Å². The highest BCUT2D eigenvalue weighted by atomic mass is 16.5. The first-order chi connectivity index (χ1) is 7.40. The molecule has 2 aliphatic carbocycles. The van der Waals surface area contributed by atoms with Crippen LogP contribution in [0.4, 0.5) is 0 Å². The van der Waals surface area contributed by atoms with Gasteiger partial charge in [-0.3, -0.25) is 0 Å². The highest BCUT2D eigenvalue weighted by molar-refractivity contribution is 5.28. The third-order valence-electron chi connectivity index (χ3n) is 5.75. The minimum Gasteiger partial charge on any atom is -0.364 e. The second kappa shape index (κ2) is 2.93. The van der Waals surface area contributed by atoms with Gasteiger partial charge in [-0.25, -0.2) is 0 Å². The fourth-order valence-corrected chi connectivity index (χ4v) is 4.54. The predicted molar refractivity (Wildman–Crippen MR) is 66.3 cm³/mol. The Labute approximate surface area is 99.3 Å². The van der Waals surface area contributed by atoms with Crippen molar-refractivity contribution in [3.63, 3.8) is 0 Å². The molecule has 1 nitrogen and oxygen atoms in total. The predicted octanol–water partition coefficient (Wildman–Crippen LogP) is 4.08. The Hall–Kier alpha value is -0.300. The van der Waals surface area contributed by atoms with E-state index in [4.69, 9.17) is 4.74 Å². The van der Waals surface area contributed by atoms with Gasteiger partial charge in [-0.15, -0.1) is 0 Å². The van der Waals surface area contributed by atoms with Gasteiger partial charge in [0.2, 0.25) is 0 Å². The highest BCUT2D eigenvalue weighted by Crippen LogP contribution is 2.65. The van der Waals surface area contributed by atoms with Gasteiger partial charge in [0.1, 0.15) is 0 Å². The average Bonchev–Trinajstić information content (AvgIpc) is 2.42. The quantitative estimate of drug-likeness (QED) is 0.559. The zero-order valence-corrected chi connectivity index (χ0v) is 10.9. The van der Waals surface area contributed by atoms with Crippen molar-refractivity contribution in [1.29, 1.82) is 0 Å². The Bertz CT molecular complexity index is 343. The summed E-state index contributed by atoms with van der Waals surface area (Å²) < 4.78 is 6.58. The SMILES string of the molecule is C=C1CCC[C@]2(C)CC[C@H]3C[C@@]12OC3(C)C. The van der Waals surface area contributed by atoms with E-state index < -0.39 is 0 Å². The van der Waals surface area contributed by atoms with E-state index in [0.29, 0.717) is 5.41 Å². The molecule has 0 aromatic rings. The third kappa shape index (κ3) is 1.11. The normalized spacial score (nSPS) is 50.2. The van der Waals surface area contributed by atoms with Gasteiger partial charge >= 0.3 is 0 Å². The van der Waals surface area contributed by atoms with Crippen LogP contribution in [0, 0.1) is 11.3 Å². The van der Waals surface area contributed by atoms with E-state index in [1.54, 1.807) is 0 Å². The largest absolute Gasteiger partial charge is 0.364 e.